The Hall–Kier alpha value is -2.83. The molecule has 0 saturated carbocycles. The van der Waals surface area contributed by atoms with E-state index in [9.17, 15) is 4.79 Å². The summed E-state index contributed by atoms with van der Waals surface area (Å²) in [5.74, 6) is 1.99. The maximum Gasteiger partial charge on any atom is 0.257 e. The average molecular weight is 328 g/mol. The Morgan fingerprint density at radius 2 is 1.88 bits per heavy atom. The molecule has 2 aromatic rings. The van der Waals surface area contributed by atoms with Crippen molar-refractivity contribution in [3.05, 3.63) is 42.1 Å². The fraction of sp³-hybridized carbons (Fsp3) is 0.353. The third-order valence-electron chi connectivity index (χ3n) is 4.09. The van der Waals surface area contributed by atoms with Crippen molar-refractivity contribution >= 4 is 11.7 Å². The van der Waals surface area contributed by atoms with Gasteiger partial charge in [-0.2, -0.15) is 5.10 Å². The lowest BCUT2D eigenvalue weighted by molar-refractivity contribution is 0.0743. The van der Waals surface area contributed by atoms with Gasteiger partial charge in [-0.05, 0) is 24.3 Å². The van der Waals surface area contributed by atoms with Crippen molar-refractivity contribution in [2.75, 3.05) is 45.3 Å². The zero-order valence-corrected chi connectivity index (χ0v) is 13.8. The molecule has 0 N–H and O–H groups in total. The number of carbonyl (C=O) groups is 1. The molecule has 0 radical (unpaired) electrons. The van der Waals surface area contributed by atoms with Gasteiger partial charge in [0.05, 0.1) is 19.8 Å². The minimum absolute atomic E-state index is 0.0340. The lowest BCUT2D eigenvalue weighted by Gasteiger charge is -2.35. The van der Waals surface area contributed by atoms with Gasteiger partial charge >= 0.3 is 0 Å². The molecule has 1 aliphatic rings. The summed E-state index contributed by atoms with van der Waals surface area (Å²) in [6.45, 7) is 2.71. The first-order chi connectivity index (χ1) is 11.7. The van der Waals surface area contributed by atoms with Crippen molar-refractivity contribution in [2.24, 2.45) is 0 Å². The third kappa shape index (κ3) is 3.24. The molecule has 1 amide bonds. The molecule has 0 unspecified atom stereocenters. The molecular weight excluding hydrogens is 308 g/mol. The Kier molecular flexibility index (Phi) is 4.79. The lowest BCUT2D eigenvalue weighted by Crippen LogP contribution is -2.49. The molecule has 2 heterocycles. The van der Waals surface area contributed by atoms with Crippen molar-refractivity contribution in [3.63, 3.8) is 0 Å². The maximum atomic E-state index is 12.8. The van der Waals surface area contributed by atoms with Crippen LogP contribution in [0, 0.1) is 0 Å². The number of anilines is 1. The van der Waals surface area contributed by atoms with Gasteiger partial charge in [0.2, 0.25) is 0 Å². The minimum atomic E-state index is -0.0340. The highest BCUT2D eigenvalue weighted by Gasteiger charge is 2.25. The Morgan fingerprint density at radius 1 is 1.08 bits per heavy atom. The van der Waals surface area contributed by atoms with Gasteiger partial charge in [-0.3, -0.25) is 4.79 Å². The van der Waals surface area contributed by atoms with Crippen LogP contribution >= 0.6 is 0 Å². The second-order valence-electron chi connectivity index (χ2n) is 5.43. The predicted molar refractivity (Wildman–Crippen MR) is 89.7 cm³/mol. The molecule has 126 valence electrons. The normalized spacial score (nSPS) is 14.4. The molecule has 7 nitrogen and oxygen atoms in total. The Balaban J connectivity index is 1.69. The van der Waals surface area contributed by atoms with E-state index in [1.54, 1.807) is 38.6 Å². The first-order valence-corrected chi connectivity index (χ1v) is 7.77. The van der Waals surface area contributed by atoms with Gasteiger partial charge in [0.1, 0.15) is 11.5 Å². The van der Waals surface area contributed by atoms with E-state index < -0.39 is 0 Å². The Bertz CT molecular complexity index is 700. The van der Waals surface area contributed by atoms with Crippen LogP contribution < -0.4 is 14.4 Å². The molecule has 1 fully saturated rings. The lowest BCUT2D eigenvalue weighted by atomic mass is 10.1. The minimum Gasteiger partial charge on any atom is -0.497 e. The standard InChI is InChI=1S/C17H20N4O3/c1-23-13-5-6-14(15(12-13)24-2)17(22)21-10-8-20(9-11-21)16-4-3-7-18-19-16/h3-7,12H,8-11H2,1-2H3. The summed E-state index contributed by atoms with van der Waals surface area (Å²) in [6.07, 6.45) is 1.65. The first kappa shape index (κ1) is 16.0. The number of hydrogen-bond acceptors (Lipinski definition) is 6. The van der Waals surface area contributed by atoms with Crippen LogP contribution in [0.1, 0.15) is 10.4 Å². The van der Waals surface area contributed by atoms with Gasteiger partial charge in [-0.25, -0.2) is 0 Å². The highest BCUT2D eigenvalue weighted by molar-refractivity contribution is 5.97. The number of hydrogen-bond donors (Lipinski definition) is 0. The second-order valence-corrected chi connectivity index (χ2v) is 5.43. The van der Waals surface area contributed by atoms with Gasteiger partial charge in [0, 0.05) is 38.4 Å². The van der Waals surface area contributed by atoms with E-state index >= 15 is 0 Å². The van der Waals surface area contributed by atoms with Crippen molar-refractivity contribution in [3.8, 4) is 11.5 Å². The SMILES string of the molecule is COc1ccc(C(=O)N2CCN(c3cccnn3)CC2)c(OC)c1. The summed E-state index contributed by atoms with van der Waals surface area (Å²) in [7, 11) is 3.14. The maximum absolute atomic E-state index is 12.8. The van der Waals surface area contributed by atoms with Crippen molar-refractivity contribution in [1.82, 2.24) is 15.1 Å². The smallest absolute Gasteiger partial charge is 0.257 e. The number of aromatic nitrogens is 2. The van der Waals surface area contributed by atoms with Gasteiger partial charge in [-0.15, -0.1) is 5.10 Å². The first-order valence-electron chi connectivity index (χ1n) is 7.77. The monoisotopic (exact) mass is 328 g/mol. The zero-order chi connectivity index (χ0) is 16.9. The van der Waals surface area contributed by atoms with Crippen LogP contribution in [0.25, 0.3) is 0 Å². The van der Waals surface area contributed by atoms with Gasteiger partial charge in [0.15, 0.2) is 5.82 Å². The zero-order valence-electron chi connectivity index (χ0n) is 13.8. The largest absolute Gasteiger partial charge is 0.497 e. The van der Waals surface area contributed by atoms with E-state index in [0.29, 0.717) is 30.2 Å². The molecule has 0 spiro atoms. The van der Waals surface area contributed by atoms with E-state index in [2.05, 4.69) is 15.1 Å². The van der Waals surface area contributed by atoms with Gasteiger partial charge < -0.3 is 19.3 Å². The molecule has 0 atom stereocenters. The second kappa shape index (κ2) is 7.16. The van der Waals surface area contributed by atoms with Gasteiger partial charge in [-0.1, -0.05) is 0 Å². The van der Waals surface area contributed by atoms with Crippen LogP contribution in [0.3, 0.4) is 0 Å². The molecule has 24 heavy (non-hydrogen) atoms. The van der Waals surface area contributed by atoms with Crippen LogP contribution in [0.2, 0.25) is 0 Å². The van der Waals surface area contributed by atoms with Crippen molar-refractivity contribution in [1.29, 1.82) is 0 Å². The summed E-state index contributed by atoms with van der Waals surface area (Å²) in [5.41, 5.74) is 0.547. The predicted octanol–water partition coefficient (Wildman–Crippen LogP) is 1.46. The van der Waals surface area contributed by atoms with Crippen LogP contribution in [-0.2, 0) is 0 Å². The molecule has 7 heteroatoms. The van der Waals surface area contributed by atoms with Gasteiger partial charge in [0.25, 0.3) is 5.91 Å². The van der Waals surface area contributed by atoms with Crippen LogP contribution in [-0.4, -0.2) is 61.4 Å². The number of benzene rings is 1. The molecule has 1 aromatic heterocycles. The molecule has 0 bridgehead atoms. The topological polar surface area (TPSA) is 67.8 Å². The summed E-state index contributed by atoms with van der Waals surface area (Å²) in [4.78, 5) is 16.7. The molecule has 1 aromatic carbocycles. The molecule has 1 aliphatic heterocycles. The summed E-state index contributed by atoms with van der Waals surface area (Å²) >= 11 is 0. The number of nitrogens with zero attached hydrogens (tertiary/aromatic N) is 4. The quantitative estimate of drug-likeness (QED) is 0.846. The fourth-order valence-electron chi connectivity index (χ4n) is 2.75. The third-order valence-corrected chi connectivity index (χ3v) is 4.09. The Labute approximate surface area is 140 Å². The molecule has 3 rings (SSSR count). The van der Waals surface area contributed by atoms with E-state index in [0.717, 1.165) is 18.9 Å². The molecule has 1 saturated heterocycles. The van der Waals surface area contributed by atoms with E-state index in [1.807, 2.05) is 17.0 Å². The number of methoxy groups -OCH3 is 2. The number of amides is 1. The molecule has 0 aliphatic carbocycles. The van der Waals surface area contributed by atoms with E-state index in [1.165, 1.54) is 0 Å². The Morgan fingerprint density at radius 3 is 2.50 bits per heavy atom. The highest BCUT2D eigenvalue weighted by atomic mass is 16.5. The average Bonchev–Trinajstić information content (AvgIpc) is 2.67. The number of ether oxygens (including phenoxy) is 2. The van der Waals surface area contributed by atoms with E-state index in [4.69, 9.17) is 9.47 Å². The number of carbonyl (C=O) groups excluding carboxylic acids is 1. The van der Waals surface area contributed by atoms with E-state index in [-0.39, 0.29) is 5.91 Å². The summed E-state index contributed by atoms with van der Waals surface area (Å²) in [6, 6.07) is 9.03. The number of rotatable bonds is 4. The van der Waals surface area contributed by atoms with Crippen molar-refractivity contribution < 1.29 is 14.3 Å². The van der Waals surface area contributed by atoms with Crippen LogP contribution in [0.15, 0.2) is 36.5 Å². The number of piperazine rings is 1. The summed E-state index contributed by atoms with van der Waals surface area (Å²) in [5, 5.41) is 8.02. The van der Waals surface area contributed by atoms with Crippen molar-refractivity contribution in [2.45, 2.75) is 0 Å². The summed E-state index contributed by atoms with van der Waals surface area (Å²) < 4.78 is 10.5. The van der Waals surface area contributed by atoms with Crippen LogP contribution in [0.5, 0.6) is 11.5 Å². The van der Waals surface area contributed by atoms with Crippen LogP contribution in [0.4, 0.5) is 5.82 Å². The molecular formula is C17H20N4O3. The highest BCUT2D eigenvalue weighted by Crippen LogP contribution is 2.26. The fourth-order valence-corrected chi connectivity index (χ4v) is 2.75.